The van der Waals surface area contributed by atoms with Crippen LogP contribution in [-0.2, 0) is 4.79 Å². The van der Waals surface area contributed by atoms with Gasteiger partial charge in [-0.3, -0.25) is 4.79 Å². The summed E-state index contributed by atoms with van der Waals surface area (Å²) in [4.78, 5) is 14.2. The van der Waals surface area contributed by atoms with Crippen molar-refractivity contribution in [3.8, 4) is 0 Å². The molecule has 0 aromatic rings. The van der Waals surface area contributed by atoms with E-state index in [2.05, 4.69) is 20.8 Å². The summed E-state index contributed by atoms with van der Waals surface area (Å²) in [6, 6.07) is 0.365. The molecule has 0 aromatic carbocycles. The van der Waals surface area contributed by atoms with Gasteiger partial charge in [0.05, 0.1) is 5.92 Å². The lowest BCUT2D eigenvalue weighted by molar-refractivity contribution is -0.138. The molecule has 1 saturated carbocycles. The average Bonchev–Trinajstić information content (AvgIpc) is 2.26. The molecular formula is C13H26N2O. The molecule has 16 heavy (non-hydrogen) atoms. The van der Waals surface area contributed by atoms with Gasteiger partial charge in [0, 0.05) is 19.1 Å². The van der Waals surface area contributed by atoms with Crippen LogP contribution < -0.4 is 5.73 Å². The predicted molar refractivity (Wildman–Crippen MR) is 67.0 cm³/mol. The van der Waals surface area contributed by atoms with Crippen molar-refractivity contribution in [1.82, 2.24) is 4.90 Å². The summed E-state index contributed by atoms with van der Waals surface area (Å²) in [5.74, 6) is 0.794. The van der Waals surface area contributed by atoms with Crippen molar-refractivity contribution in [3.63, 3.8) is 0 Å². The molecule has 0 aromatic heterocycles. The Morgan fingerprint density at radius 1 is 1.25 bits per heavy atom. The van der Waals surface area contributed by atoms with Gasteiger partial charge in [-0.15, -0.1) is 0 Å². The number of carbonyl (C=O) groups excluding carboxylic acids is 1. The van der Waals surface area contributed by atoms with Crippen LogP contribution >= 0.6 is 0 Å². The van der Waals surface area contributed by atoms with E-state index >= 15 is 0 Å². The fraction of sp³-hybridized carbons (Fsp3) is 0.923. The van der Waals surface area contributed by atoms with Crippen LogP contribution in [0.1, 0.15) is 46.5 Å². The van der Waals surface area contributed by atoms with E-state index in [0.717, 1.165) is 19.3 Å². The molecule has 0 spiro atoms. The average molecular weight is 226 g/mol. The number of hydrogen-bond donors (Lipinski definition) is 1. The maximum Gasteiger partial charge on any atom is 0.227 e. The molecule has 2 N–H and O–H groups in total. The Kier molecular flexibility index (Phi) is 4.78. The topological polar surface area (TPSA) is 46.3 Å². The molecule has 0 saturated heterocycles. The Labute approximate surface area is 99.4 Å². The van der Waals surface area contributed by atoms with E-state index in [-0.39, 0.29) is 17.9 Å². The number of nitrogens with two attached hydrogens (primary N) is 1. The second-order valence-electron chi connectivity index (χ2n) is 5.49. The highest BCUT2D eigenvalue weighted by molar-refractivity contribution is 5.79. The highest BCUT2D eigenvalue weighted by atomic mass is 16.2. The summed E-state index contributed by atoms with van der Waals surface area (Å²) in [6.07, 6.45) is 4.29. The zero-order chi connectivity index (χ0) is 12.3. The first kappa shape index (κ1) is 13.5. The molecule has 3 unspecified atom stereocenters. The first-order valence-corrected chi connectivity index (χ1v) is 6.47. The Bertz CT molecular complexity index is 240. The van der Waals surface area contributed by atoms with Crippen LogP contribution in [0.4, 0.5) is 0 Å². The van der Waals surface area contributed by atoms with Gasteiger partial charge in [-0.1, -0.05) is 26.7 Å². The lowest BCUT2D eigenvalue weighted by Crippen LogP contribution is -2.48. The number of carbonyl (C=O) groups is 1. The molecule has 0 heterocycles. The van der Waals surface area contributed by atoms with Crippen LogP contribution in [0.25, 0.3) is 0 Å². The monoisotopic (exact) mass is 226 g/mol. The molecule has 1 aliphatic carbocycles. The maximum atomic E-state index is 12.3. The minimum absolute atomic E-state index is 0.0555. The van der Waals surface area contributed by atoms with E-state index in [1.807, 2.05) is 11.9 Å². The number of hydrogen-bond acceptors (Lipinski definition) is 2. The number of nitrogens with zero attached hydrogens (tertiary/aromatic N) is 1. The van der Waals surface area contributed by atoms with Gasteiger partial charge >= 0.3 is 0 Å². The van der Waals surface area contributed by atoms with Crippen LogP contribution in [0, 0.1) is 11.8 Å². The SMILES string of the molecule is CC(C)C(C)N(C)C(=O)C1CCCCC1N. The third kappa shape index (κ3) is 2.97. The van der Waals surface area contributed by atoms with Crippen LogP contribution in [-0.4, -0.2) is 29.9 Å². The van der Waals surface area contributed by atoms with Gasteiger partial charge < -0.3 is 10.6 Å². The van der Waals surface area contributed by atoms with E-state index in [1.165, 1.54) is 6.42 Å². The van der Waals surface area contributed by atoms with Crippen molar-refractivity contribution in [3.05, 3.63) is 0 Å². The summed E-state index contributed by atoms with van der Waals surface area (Å²) in [5.41, 5.74) is 6.05. The second-order valence-corrected chi connectivity index (χ2v) is 5.49. The summed E-state index contributed by atoms with van der Waals surface area (Å²) >= 11 is 0. The van der Waals surface area contributed by atoms with Gasteiger partial charge in [-0.25, -0.2) is 0 Å². The molecule has 3 nitrogen and oxygen atoms in total. The Morgan fingerprint density at radius 2 is 1.81 bits per heavy atom. The largest absolute Gasteiger partial charge is 0.343 e. The lowest BCUT2D eigenvalue weighted by Gasteiger charge is -2.35. The van der Waals surface area contributed by atoms with Crippen molar-refractivity contribution in [2.45, 2.75) is 58.5 Å². The van der Waals surface area contributed by atoms with Crippen LogP contribution in [0.3, 0.4) is 0 Å². The van der Waals surface area contributed by atoms with E-state index in [9.17, 15) is 4.79 Å². The van der Waals surface area contributed by atoms with Crippen molar-refractivity contribution < 1.29 is 4.79 Å². The smallest absolute Gasteiger partial charge is 0.227 e. The zero-order valence-electron chi connectivity index (χ0n) is 11.1. The predicted octanol–water partition coefficient (Wildman–Crippen LogP) is 2.01. The van der Waals surface area contributed by atoms with Crippen molar-refractivity contribution in [2.75, 3.05) is 7.05 Å². The number of rotatable bonds is 3. The summed E-state index contributed by atoms with van der Waals surface area (Å²) < 4.78 is 0. The molecule has 1 aliphatic rings. The highest BCUT2D eigenvalue weighted by Crippen LogP contribution is 2.25. The zero-order valence-corrected chi connectivity index (χ0v) is 11.1. The quantitative estimate of drug-likeness (QED) is 0.800. The summed E-state index contributed by atoms with van der Waals surface area (Å²) in [7, 11) is 1.91. The van der Waals surface area contributed by atoms with Gasteiger partial charge in [-0.2, -0.15) is 0 Å². The molecule has 1 fully saturated rings. The normalized spacial score (nSPS) is 27.9. The van der Waals surface area contributed by atoms with Gasteiger partial charge in [-0.05, 0) is 25.7 Å². The van der Waals surface area contributed by atoms with Crippen LogP contribution in [0.2, 0.25) is 0 Å². The van der Waals surface area contributed by atoms with Crippen molar-refractivity contribution in [1.29, 1.82) is 0 Å². The first-order chi connectivity index (χ1) is 7.45. The van der Waals surface area contributed by atoms with Crippen molar-refractivity contribution in [2.24, 2.45) is 17.6 Å². The van der Waals surface area contributed by atoms with Crippen LogP contribution in [0.5, 0.6) is 0 Å². The fourth-order valence-corrected chi connectivity index (χ4v) is 2.38. The Hall–Kier alpha value is -0.570. The molecule has 94 valence electrons. The van der Waals surface area contributed by atoms with Crippen molar-refractivity contribution >= 4 is 5.91 Å². The van der Waals surface area contributed by atoms with Gasteiger partial charge in [0.15, 0.2) is 0 Å². The highest BCUT2D eigenvalue weighted by Gasteiger charge is 2.32. The molecule has 3 heteroatoms. The fourth-order valence-electron chi connectivity index (χ4n) is 2.38. The minimum atomic E-state index is 0.0555. The Balaban J connectivity index is 2.61. The third-order valence-electron chi connectivity index (χ3n) is 4.06. The van der Waals surface area contributed by atoms with Crippen LogP contribution in [0.15, 0.2) is 0 Å². The summed E-state index contributed by atoms with van der Waals surface area (Å²) in [6.45, 7) is 6.40. The van der Waals surface area contributed by atoms with E-state index in [4.69, 9.17) is 5.73 Å². The molecule has 0 radical (unpaired) electrons. The summed E-state index contributed by atoms with van der Waals surface area (Å²) in [5, 5.41) is 0. The molecule has 0 bridgehead atoms. The molecular weight excluding hydrogens is 200 g/mol. The standard InChI is InChI=1S/C13H26N2O/c1-9(2)10(3)15(4)13(16)11-7-5-6-8-12(11)14/h9-12H,5-8,14H2,1-4H3. The minimum Gasteiger partial charge on any atom is -0.343 e. The third-order valence-corrected chi connectivity index (χ3v) is 4.06. The van der Waals surface area contributed by atoms with E-state index in [1.54, 1.807) is 0 Å². The van der Waals surface area contributed by atoms with Gasteiger partial charge in [0.25, 0.3) is 0 Å². The molecule has 0 aliphatic heterocycles. The second kappa shape index (κ2) is 5.67. The molecule has 1 rings (SSSR count). The van der Waals surface area contributed by atoms with Gasteiger partial charge in [0.2, 0.25) is 5.91 Å². The Morgan fingerprint density at radius 3 is 2.31 bits per heavy atom. The molecule has 3 atom stereocenters. The molecule has 1 amide bonds. The van der Waals surface area contributed by atoms with Gasteiger partial charge in [0.1, 0.15) is 0 Å². The maximum absolute atomic E-state index is 12.3. The lowest BCUT2D eigenvalue weighted by atomic mass is 9.83. The first-order valence-electron chi connectivity index (χ1n) is 6.47. The van der Waals surface area contributed by atoms with E-state index in [0.29, 0.717) is 12.0 Å². The van der Waals surface area contributed by atoms with E-state index < -0.39 is 0 Å². The number of amides is 1.